The van der Waals surface area contributed by atoms with Crippen LogP contribution in [0.15, 0.2) is 23.6 Å². The predicted octanol–water partition coefficient (Wildman–Crippen LogP) is 0.689. The second-order valence-electron chi connectivity index (χ2n) is 4.67. The maximum Gasteiger partial charge on any atom is 0.257 e. The van der Waals surface area contributed by atoms with Crippen molar-refractivity contribution in [3.05, 3.63) is 24.0 Å². The van der Waals surface area contributed by atoms with Crippen LogP contribution in [-0.4, -0.2) is 47.0 Å². The highest BCUT2D eigenvalue weighted by molar-refractivity contribution is 5.97. The summed E-state index contributed by atoms with van der Waals surface area (Å²) in [6.07, 6.45) is 4.47. The van der Waals surface area contributed by atoms with Crippen LogP contribution >= 0.6 is 0 Å². The van der Waals surface area contributed by atoms with E-state index in [4.69, 9.17) is 15.7 Å². The van der Waals surface area contributed by atoms with Gasteiger partial charge in [0.2, 0.25) is 0 Å². The molecule has 1 aliphatic rings. The van der Waals surface area contributed by atoms with Gasteiger partial charge in [-0.1, -0.05) is 5.16 Å². The normalized spacial score (nSPS) is 17.1. The van der Waals surface area contributed by atoms with E-state index in [1.807, 2.05) is 0 Å². The van der Waals surface area contributed by atoms with Crippen molar-refractivity contribution < 1.29 is 14.7 Å². The summed E-state index contributed by atoms with van der Waals surface area (Å²) in [6.45, 7) is 1.15. The fourth-order valence-corrected chi connectivity index (χ4v) is 2.35. The fourth-order valence-electron chi connectivity index (χ4n) is 2.35. The Morgan fingerprint density at radius 1 is 1.55 bits per heavy atom. The van der Waals surface area contributed by atoms with Crippen LogP contribution in [0.1, 0.15) is 23.2 Å². The Morgan fingerprint density at radius 3 is 2.85 bits per heavy atom. The topological polar surface area (TPSA) is 101 Å². The first-order valence-corrected chi connectivity index (χ1v) is 6.42. The molecular formula is C13H18N4O3. The van der Waals surface area contributed by atoms with Gasteiger partial charge in [-0.15, -0.1) is 0 Å². The van der Waals surface area contributed by atoms with Crippen LogP contribution in [0.3, 0.4) is 0 Å². The molecule has 108 valence electrons. The Bertz CT molecular complexity index is 510. The number of pyridine rings is 1. The average molecular weight is 278 g/mol. The van der Waals surface area contributed by atoms with E-state index >= 15 is 0 Å². The van der Waals surface area contributed by atoms with Crippen molar-refractivity contribution in [3.8, 4) is 5.75 Å². The first-order chi connectivity index (χ1) is 9.67. The highest BCUT2D eigenvalue weighted by Crippen LogP contribution is 2.22. The van der Waals surface area contributed by atoms with Gasteiger partial charge in [0.05, 0.1) is 18.9 Å². The van der Waals surface area contributed by atoms with Gasteiger partial charge in [0.1, 0.15) is 11.6 Å². The number of piperidine rings is 1. The largest absolute Gasteiger partial charge is 0.494 e. The highest BCUT2D eigenvalue weighted by atomic mass is 16.5. The van der Waals surface area contributed by atoms with Gasteiger partial charge in [-0.05, 0) is 18.9 Å². The summed E-state index contributed by atoms with van der Waals surface area (Å²) in [5, 5.41) is 11.7. The molecule has 0 saturated carbocycles. The van der Waals surface area contributed by atoms with E-state index in [-0.39, 0.29) is 17.7 Å². The molecule has 1 saturated heterocycles. The zero-order chi connectivity index (χ0) is 14.5. The molecule has 3 N–H and O–H groups in total. The molecule has 0 bridgehead atoms. The van der Waals surface area contributed by atoms with E-state index in [1.54, 1.807) is 17.2 Å². The second kappa shape index (κ2) is 6.23. The Morgan fingerprint density at radius 2 is 2.25 bits per heavy atom. The van der Waals surface area contributed by atoms with Crippen molar-refractivity contribution in [2.24, 2.45) is 16.8 Å². The third-order valence-electron chi connectivity index (χ3n) is 3.55. The first-order valence-electron chi connectivity index (χ1n) is 6.42. The molecule has 0 unspecified atom stereocenters. The minimum atomic E-state index is -0.0813. The maximum atomic E-state index is 12.4. The van der Waals surface area contributed by atoms with Crippen LogP contribution in [-0.2, 0) is 0 Å². The number of rotatable bonds is 3. The summed E-state index contributed by atoms with van der Waals surface area (Å²) in [6, 6.07) is 1.65. The van der Waals surface area contributed by atoms with Crippen molar-refractivity contribution in [2.75, 3.05) is 20.2 Å². The predicted molar refractivity (Wildman–Crippen MR) is 72.8 cm³/mol. The first kappa shape index (κ1) is 14.1. The number of ether oxygens (including phenoxy) is 1. The van der Waals surface area contributed by atoms with Crippen molar-refractivity contribution >= 4 is 11.7 Å². The number of nitrogens with zero attached hydrogens (tertiary/aromatic N) is 3. The third kappa shape index (κ3) is 2.81. The smallest absolute Gasteiger partial charge is 0.257 e. The van der Waals surface area contributed by atoms with Gasteiger partial charge >= 0.3 is 0 Å². The molecule has 2 rings (SSSR count). The number of carbonyl (C=O) groups is 1. The van der Waals surface area contributed by atoms with Crippen LogP contribution in [0.2, 0.25) is 0 Å². The monoisotopic (exact) mass is 278 g/mol. The molecule has 1 fully saturated rings. The zero-order valence-electron chi connectivity index (χ0n) is 11.3. The lowest BCUT2D eigenvalue weighted by atomic mass is 9.95. The molecule has 1 aromatic heterocycles. The van der Waals surface area contributed by atoms with Crippen LogP contribution in [0.4, 0.5) is 0 Å². The van der Waals surface area contributed by atoms with E-state index in [1.165, 1.54) is 13.3 Å². The molecule has 2 heterocycles. The Balaban J connectivity index is 2.05. The lowest BCUT2D eigenvalue weighted by Crippen LogP contribution is -2.41. The molecule has 0 radical (unpaired) electrons. The van der Waals surface area contributed by atoms with Crippen molar-refractivity contribution in [1.82, 2.24) is 9.88 Å². The summed E-state index contributed by atoms with van der Waals surface area (Å²) in [7, 11) is 1.51. The Kier molecular flexibility index (Phi) is 4.39. The minimum Gasteiger partial charge on any atom is -0.494 e. The number of aromatic nitrogens is 1. The molecular weight excluding hydrogens is 260 g/mol. The van der Waals surface area contributed by atoms with Gasteiger partial charge in [0.25, 0.3) is 5.91 Å². The molecule has 20 heavy (non-hydrogen) atoms. The fraction of sp³-hybridized carbons (Fsp3) is 0.462. The summed E-state index contributed by atoms with van der Waals surface area (Å²) >= 11 is 0. The van der Waals surface area contributed by atoms with Gasteiger partial charge in [-0.2, -0.15) is 0 Å². The maximum absolute atomic E-state index is 12.4. The second-order valence-corrected chi connectivity index (χ2v) is 4.67. The summed E-state index contributed by atoms with van der Waals surface area (Å²) in [4.78, 5) is 18.1. The number of amidine groups is 1. The van der Waals surface area contributed by atoms with E-state index in [0.717, 1.165) is 0 Å². The lowest BCUT2D eigenvalue weighted by Gasteiger charge is -2.31. The number of nitrogens with two attached hydrogens (primary N) is 1. The molecule has 0 atom stereocenters. The van der Waals surface area contributed by atoms with E-state index in [2.05, 4.69) is 10.1 Å². The average Bonchev–Trinajstić information content (AvgIpc) is 2.53. The van der Waals surface area contributed by atoms with Crippen LogP contribution in [0, 0.1) is 5.92 Å². The molecule has 7 heteroatoms. The standard InChI is InChI=1S/C13H18N4O3/c1-20-11-8-15-5-2-10(11)13(18)17-6-3-9(4-7-17)12(14)16-19/h2,5,8-9,19H,3-4,6-7H2,1H3,(H2,14,16). The number of methoxy groups -OCH3 is 1. The third-order valence-corrected chi connectivity index (χ3v) is 3.55. The number of hydrogen-bond acceptors (Lipinski definition) is 5. The van der Waals surface area contributed by atoms with Crippen molar-refractivity contribution in [3.63, 3.8) is 0 Å². The summed E-state index contributed by atoms with van der Waals surface area (Å²) in [5.74, 6) is 0.653. The molecule has 1 aliphatic heterocycles. The van der Waals surface area contributed by atoms with Crippen molar-refractivity contribution in [1.29, 1.82) is 0 Å². The van der Waals surface area contributed by atoms with Gasteiger partial charge in [-0.25, -0.2) is 0 Å². The van der Waals surface area contributed by atoms with Gasteiger partial charge < -0.3 is 20.6 Å². The number of hydrogen-bond donors (Lipinski definition) is 2. The van der Waals surface area contributed by atoms with Crippen LogP contribution in [0.25, 0.3) is 0 Å². The van der Waals surface area contributed by atoms with E-state index in [0.29, 0.717) is 37.2 Å². The van der Waals surface area contributed by atoms with Gasteiger partial charge in [-0.3, -0.25) is 9.78 Å². The zero-order valence-corrected chi connectivity index (χ0v) is 11.3. The molecule has 0 aromatic carbocycles. The van der Waals surface area contributed by atoms with Gasteiger partial charge in [0, 0.05) is 25.2 Å². The molecule has 0 aliphatic carbocycles. The Hall–Kier alpha value is -2.31. The molecule has 7 nitrogen and oxygen atoms in total. The van der Waals surface area contributed by atoms with Crippen LogP contribution < -0.4 is 10.5 Å². The molecule has 1 aromatic rings. The quantitative estimate of drug-likeness (QED) is 0.366. The summed E-state index contributed by atoms with van der Waals surface area (Å²) in [5.41, 5.74) is 6.10. The van der Waals surface area contributed by atoms with E-state index < -0.39 is 0 Å². The number of oxime groups is 1. The molecule has 1 amide bonds. The van der Waals surface area contributed by atoms with Crippen LogP contribution in [0.5, 0.6) is 5.75 Å². The lowest BCUT2D eigenvalue weighted by molar-refractivity contribution is 0.0705. The Labute approximate surface area is 117 Å². The number of amides is 1. The molecule has 0 spiro atoms. The number of likely N-dealkylation sites (tertiary alicyclic amines) is 1. The summed E-state index contributed by atoms with van der Waals surface area (Å²) < 4.78 is 5.15. The SMILES string of the molecule is COc1cnccc1C(=O)N1CCC(/C(N)=N/O)CC1. The van der Waals surface area contributed by atoms with Crippen molar-refractivity contribution in [2.45, 2.75) is 12.8 Å². The highest BCUT2D eigenvalue weighted by Gasteiger charge is 2.27. The minimum absolute atomic E-state index is 0.0309. The van der Waals surface area contributed by atoms with E-state index in [9.17, 15) is 4.79 Å². The number of carbonyl (C=O) groups excluding carboxylic acids is 1. The van der Waals surface area contributed by atoms with Gasteiger partial charge in [0.15, 0.2) is 0 Å².